The predicted octanol–water partition coefficient (Wildman–Crippen LogP) is 1.53. The van der Waals surface area contributed by atoms with Crippen molar-refractivity contribution in [2.24, 2.45) is 11.8 Å². The first-order valence-electron chi connectivity index (χ1n) is 8.39. The van der Waals surface area contributed by atoms with E-state index < -0.39 is 5.97 Å². The van der Waals surface area contributed by atoms with E-state index in [2.05, 4.69) is 5.32 Å². The molecule has 23 heavy (non-hydrogen) atoms. The summed E-state index contributed by atoms with van der Waals surface area (Å²) in [4.78, 5) is 25.1. The number of likely N-dealkylation sites (tertiary alicyclic amines) is 1. The fourth-order valence-electron chi connectivity index (χ4n) is 3.57. The smallest absolute Gasteiger partial charge is 0.317 e. The normalized spacial score (nSPS) is 24.5. The zero-order valence-corrected chi connectivity index (χ0v) is 13.3. The monoisotopic (exact) mass is 316 g/mol. The number of benzene rings is 1. The minimum Gasteiger partial charge on any atom is -0.480 e. The molecule has 0 spiro atoms. The third-order valence-electron chi connectivity index (χ3n) is 4.86. The van der Waals surface area contributed by atoms with Crippen molar-refractivity contribution in [3.8, 4) is 0 Å². The highest BCUT2D eigenvalue weighted by Gasteiger charge is 2.43. The van der Waals surface area contributed by atoms with Crippen LogP contribution in [0.3, 0.4) is 0 Å². The maximum absolute atomic E-state index is 12.2. The predicted molar refractivity (Wildman–Crippen MR) is 87.0 cm³/mol. The summed E-state index contributed by atoms with van der Waals surface area (Å²) in [5.74, 6) is 0.348. The van der Waals surface area contributed by atoms with Gasteiger partial charge in [-0.05, 0) is 36.7 Å². The summed E-state index contributed by atoms with van der Waals surface area (Å²) in [6.07, 6.45) is 3.65. The van der Waals surface area contributed by atoms with Gasteiger partial charge in [0, 0.05) is 25.6 Å². The number of amides is 1. The summed E-state index contributed by atoms with van der Waals surface area (Å²) in [5.41, 5.74) is 1.17. The maximum atomic E-state index is 12.2. The molecule has 1 saturated heterocycles. The fraction of sp³-hybridized carbons (Fsp3) is 0.556. The molecule has 124 valence electrons. The number of hydrogen-bond acceptors (Lipinski definition) is 3. The first kappa shape index (κ1) is 16.0. The van der Waals surface area contributed by atoms with Crippen LogP contribution in [0.2, 0.25) is 0 Å². The molecular weight excluding hydrogens is 292 g/mol. The van der Waals surface area contributed by atoms with E-state index in [9.17, 15) is 9.59 Å². The Balaban J connectivity index is 1.50. The molecule has 1 saturated carbocycles. The van der Waals surface area contributed by atoms with Crippen molar-refractivity contribution in [1.29, 1.82) is 0 Å². The van der Waals surface area contributed by atoms with Crippen molar-refractivity contribution < 1.29 is 14.7 Å². The maximum Gasteiger partial charge on any atom is 0.317 e. The largest absolute Gasteiger partial charge is 0.480 e. The summed E-state index contributed by atoms with van der Waals surface area (Å²) in [5, 5.41) is 12.1. The quantitative estimate of drug-likeness (QED) is 0.800. The molecule has 0 unspecified atom stereocenters. The lowest BCUT2D eigenvalue weighted by Crippen LogP contribution is -2.41. The van der Waals surface area contributed by atoms with E-state index in [-0.39, 0.29) is 18.5 Å². The highest BCUT2D eigenvalue weighted by molar-refractivity contribution is 5.76. The van der Waals surface area contributed by atoms with E-state index in [0.717, 1.165) is 13.0 Å². The second-order valence-corrected chi connectivity index (χ2v) is 6.75. The molecule has 1 aliphatic carbocycles. The number of hydrogen-bond donors (Lipinski definition) is 2. The molecule has 1 aromatic carbocycles. The Kier molecular flexibility index (Phi) is 4.96. The SMILES string of the molecule is O=C(O)CN1C[C@H](NC(=O)CCc2ccccc2)[C@@H](C2CC2)C1. The molecule has 1 aliphatic heterocycles. The van der Waals surface area contributed by atoms with Crippen LogP contribution in [0.4, 0.5) is 0 Å². The van der Waals surface area contributed by atoms with Crippen LogP contribution in [0.15, 0.2) is 30.3 Å². The van der Waals surface area contributed by atoms with Crippen LogP contribution in [-0.4, -0.2) is 47.6 Å². The van der Waals surface area contributed by atoms with Gasteiger partial charge in [0.05, 0.1) is 6.54 Å². The molecule has 0 radical (unpaired) electrons. The van der Waals surface area contributed by atoms with E-state index in [0.29, 0.717) is 24.8 Å². The Morgan fingerprint density at radius 1 is 1.17 bits per heavy atom. The van der Waals surface area contributed by atoms with Gasteiger partial charge in [-0.1, -0.05) is 30.3 Å². The van der Waals surface area contributed by atoms with Crippen LogP contribution in [-0.2, 0) is 16.0 Å². The Labute approximate surface area is 136 Å². The Hall–Kier alpha value is -1.88. The van der Waals surface area contributed by atoms with Gasteiger partial charge in [-0.3, -0.25) is 14.5 Å². The van der Waals surface area contributed by atoms with Crippen LogP contribution < -0.4 is 5.32 Å². The van der Waals surface area contributed by atoms with Crippen molar-refractivity contribution in [2.45, 2.75) is 31.7 Å². The molecule has 1 aromatic rings. The highest BCUT2D eigenvalue weighted by atomic mass is 16.4. The van der Waals surface area contributed by atoms with Gasteiger partial charge in [-0.15, -0.1) is 0 Å². The lowest BCUT2D eigenvalue weighted by molar-refractivity contribution is -0.138. The highest BCUT2D eigenvalue weighted by Crippen LogP contribution is 2.41. The van der Waals surface area contributed by atoms with Gasteiger partial charge in [0.1, 0.15) is 0 Å². The van der Waals surface area contributed by atoms with Crippen molar-refractivity contribution in [3.63, 3.8) is 0 Å². The van der Waals surface area contributed by atoms with Crippen molar-refractivity contribution >= 4 is 11.9 Å². The molecule has 1 heterocycles. The number of carboxylic acids is 1. The van der Waals surface area contributed by atoms with Gasteiger partial charge in [-0.2, -0.15) is 0 Å². The number of carboxylic acid groups (broad SMARTS) is 1. The van der Waals surface area contributed by atoms with E-state index in [4.69, 9.17) is 5.11 Å². The molecule has 5 heteroatoms. The first-order chi connectivity index (χ1) is 11.1. The third kappa shape index (κ3) is 4.55. The van der Waals surface area contributed by atoms with Crippen LogP contribution in [0, 0.1) is 11.8 Å². The molecule has 2 aliphatic rings. The van der Waals surface area contributed by atoms with Gasteiger partial charge >= 0.3 is 5.97 Å². The summed E-state index contributed by atoms with van der Waals surface area (Å²) in [6, 6.07) is 10.1. The molecule has 5 nitrogen and oxygen atoms in total. The zero-order chi connectivity index (χ0) is 16.2. The molecule has 2 atom stereocenters. The van der Waals surface area contributed by atoms with Crippen molar-refractivity contribution in [2.75, 3.05) is 19.6 Å². The summed E-state index contributed by atoms with van der Waals surface area (Å²) in [7, 11) is 0. The molecule has 1 amide bonds. The fourth-order valence-corrected chi connectivity index (χ4v) is 3.57. The zero-order valence-electron chi connectivity index (χ0n) is 13.3. The van der Waals surface area contributed by atoms with Gasteiger partial charge < -0.3 is 10.4 Å². The molecule has 0 bridgehead atoms. The molecule has 2 fully saturated rings. The standard InChI is InChI=1S/C18H24N2O3/c21-17(9-6-13-4-2-1-3-5-13)19-16-11-20(12-18(22)23)10-15(16)14-7-8-14/h1-5,14-16H,6-12H2,(H,19,21)(H,22,23)/t15-,16+/m1/s1. The number of carbonyl (C=O) groups is 2. The van der Waals surface area contributed by atoms with Crippen molar-refractivity contribution in [3.05, 3.63) is 35.9 Å². The summed E-state index contributed by atoms with van der Waals surface area (Å²) < 4.78 is 0. The van der Waals surface area contributed by atoms with Gasteiger partial charge in [0.25, 0.3) is 0 Å². The number of nitrogens with one attached hydrogen (secondary N) is 1. The number of rotatable bonds is 7. The van der Waals surface area contributed by atoms with Crippen molar-refractivity contribution in [1.82, 2.24) is 10.2 Å². The molecule has 3 rings (SSSR count). The minimum atomic E-state index is -0.796. The van der Waals surface area contributed by atoms with Gasteiger partial charge in [-0.25, -0.2) is 0 Å². The number of nitrogens with zero attached hydrogens (tertiary/aromatic N) is 1. The summed E-state index contributed by atoms with van der Waals surface area (Å²) >= 11 is 0. The Bertz CT molecular complexity index is 557. The van der Waals surface area contributed by atoms with E-state index in [1.807, 2.05) is 35.2 Å². The average Bonchev–Trinajstić information content (AvgIpc) is 3.29. The number of aliphatic carboxylic acids is 1. The van der Waals surface area contributed by atoms with E-state index >= 15 is 0 Å². The average molecular weight is 316 g/mol. The Morgan fingerprint density at radius 2 is 1.91 bits per heavy atom. The first-order valence-corrected chi connectivity index (χ1v) is 8.39. The lowest BCUT2D eigenvalue weighted by Gasteiger charge is -2.19. The van der Waals surface area contributed by atoms with E-state index in [1.165, 1.54) is 18.4 Å². The molecular formula is C18H24N2O3. The van der Waals surface area contributed by atoms with Crippen LogP contribution in [0.5, 0.6) is 0 Å². The number of carbonyl (C=O) groups excluding carboxylic acids is 1. The van der Waals surface area contributed by atoms with Crippen LogP contribution in [0.25, 0.3) is 0 Å². The lowest BCUT2D eigenvalue weighted by atomic mass is 9.98. The van der Waals surface area contributed by atoms with E-state index in [1.54, 1.807) is 0 Å². The molecule has 2 N–H and O–H groups in total. The number of aryl methyl sites for hydroxylation is 1. The van der Waals surface area contributed by atoms with Crippen LogP contribution >= 0.6 is 0 Å². The topological polar surface area (TPSA) is 69.6 Å². The van der Waals surface area contributed by atoms with Gasteiger partial charge in [0.2, 0.25) is 5.91 Å². The summed E-state index contributed by atoms with van der Waals surface area (Å²) in [6.45, 7) is 1.52. The Morgan fingerprint density at radius 3 is 2.57 bits per heavy atom. The van der Waals surface area contributed by atoms with Crippen LogP contribution in [0.1, 0.15) is 24.8 Å². The second-order valence-electron chi connectivity index (χ2n) is 6.75. The second kappa shape index (κ2) is 7.13. The third-order valence-corrected chi connectivity index (χ3v) is 4.86. The minimum absolute atomic E-state index is 0.0691. The van der Waals surface area contributed by atoms with Gasteiger partial charge in [0.15, 0.2) is 0 Å². The molecule has 0 aromatic heterocycles.